The average Bonchev–Trinajstić information content (AvgIpc) is 2.17. The number of aryl methyl sites for hydroxylation is 1. The minimum atomic E-state index is -0.332. The van der Waals surface area contributed by atoms with Gasteiger partial charge in [0.1, 0.15) is 5.58 Å². The molecule has 2 aromatic rings. The van der Waals surface area contributed by atoms with Gasteiger partial charge in [0.05, 0.1) is 0 Å². The molecule has 1 heterocycles. The Morgan fingerprint density at radius 2 is 2.13 bits per heavy atom. The molecule has 0 amide bonds. The fourth-order valence-corrected chi connectivity index (χ4v) is 1.65. The third kappa shape index (κ3) is 1.92. The molecule has 0 fully saturated rings. The summed E-state index contributed by atoms with van der Waals surface area (Å²) in [4.78, 5) is 11.2. The summed E-state index contributed by atoms with van der Waals surface area (Å²) in [5.74, 6) is 0. The Hall–Kier alpha value is -1.61. The molecule has 0 bridgehead atoms. The van der Waals surface area contributed by atoms with Crippen LogP contribution in [-0.4, -0.2) is 11.7 Å². The van der Waals surface area contributed by atoms with Gasteiger partial charge in [0.15, 0.2) is 0 Å². The molecule has 0 unspecified atom stereocenters. The lowest BCUT2D eigenvalue weighted by atomic mass is 10.1. The molecule has 78 valence electrons. The molecule has 0 atom stereocenters. The zero-order valence-corrected chi connectivity index (χ0v) is 8.49. The number of aliphatic hydroxyl groups excluding tert-OH is 1. The molecule has 1 N–H and O–H groups in total. The molecule has 3 heteroatoms. The van der Waals surface area contributed by atoms with E-state index < -0.39 is 0 Å². The Kier molecular flexibility index (Phi) is 2.56. The van der Waals surface area contributed by atoms with Gasteiger partial charge in [-0.1, -0.05) is 12.1 Å². The number of hydrogen-bond acceptors (Lipinski definition) is 3. The van der Waals surface area contributed by atoms with E-state index in [0.717, 1.165) is 16.5 Å². The van der Waals surface area contributed by atoms with Gasteiger partial charge in [-0.3, -0.25) is 0 Å². The van der Waals surface area contributed by atoms with Gasteiger partial charge in [-0.2, -0.15) is 0 Å². The molecule has 15 heavy (non-hydrogen) atoms. The van der Waals surface area contributed by atoms with Crippen molar-refractivity contribution in [1.29, 1.82) is 0 Å². The highest BCUT2D eigenvalue weighted by atomic mass is 16.4. The maximum Gasteiger partial charge on any atom is 0.336 e. The van der Waals surface area contributed by atoms with Crippen molar-refractivity contribution in [3.63, 3.8) is 0 Å². The molecule has 3 nitrogen and oxygen atoms in total. The quantitative estimate of drug-likeness (QED) is 0.756. The third-order valence-corrected chi connectivity index (χ3v) is 2.42. The third-order valence-electron chi connectivity index (χ3n) is 2.42. The van der Waals surface area contributed by atoms with Crippen LogP contribution in [0, 0.1) is 6.92 Å². The molecule has 0 aliphatic carbocycles. The fraction of sp³-hybridized carbons (Fsp3) is 0.250. The van der Waals surface area contributed by atoms with Crippen LogP contribution in [0.1, 0.15) is 11.1 Å². The molecule has 0 aliphatic rings. The average molecular weight is 204 g/mol. The van der Waals surface area contributed by atoms with Crippen LogP contribution in [0.5, 0.6) is 0 Å². The van der Waals surface area contributed by atoms with E-state index in [-0.39, 0.29) is 12.2 Å². The summed E-state index contributed by atoms with van der Waals surface area (Å²) in [5.41, 5.74) is 2.14. The standard InChI is InChI=1S/C12H12O3/c1-8-6-12(14)15-11-7-9(4-5-13)2-3-10(8)11/h2-3,6-7,13H,4-5H2,1H3. The van der Waals surface area contributed by atoms with Crippen LogP contribution in [0.25, 0.3) is 11.0 Å². The van der Waals surface area contributed by atoms with Crippen molar-refractivity contribution in [3.8, 4) is 0 Å². The van der Waals surface area contributed by atoms with E-state index in [2.05, 4.69) is 0 Å². The summed E-state index contributed by atoms with van der Waals surface area (Å²) < 4.78 is 5.09. The van der Waals surface area contributed by atoms with Gasteiger partial charge in [-0.15, -0.1) is 0 Å². The van der Waals surface area contributed by atoms with Crippen molar-refractivity contribution in [2.75, 3.05) is 6.61 Å². The van der Waals surface area contributed by atoms with Gasteiger partial charge in [0, 0.05) is 18.1 Å². The topological polar surface area (TPSA) is 50.4 Å². The second-order valence-electron chi connectivity index (χ2n) is 3.55. The molecule has 1 aromatic heterocycles. The van der Waals surface area contributed by atoms with Gasteiger partial charge in [-0.25, -0.2) is 4.79 Å². The van der Waals surface area contributed by atoms with Crippen molar-refractivity contribution < 1.29 is 9.52 Å². The minimum absolute atomic E-state index is 0.0988. The first-order valence-corrected chi connectivity index (χ1v) is 4.85. The maximum absolute atomic E-state index is 11.2. The predicted octanol–water partition coefficient (Wildman–Crippen LogP) is 1.64. The zero-order chi connectivity index (χ0) is 10.8. The molecule has 2 rings (SSSR count). The van der Waals surface area contributed by atoms with Crippen LogP contribution in [0.2, 0.25) is 0 Å². The van der Waals surface area contributed by atoms with Gasteiger partial charge in [0.2, 0.25) is 0 Å². The first-order chi connectivity index (χ1) is 7.20. The number of benzene rings is 1. The van der Waals surface area contributed by atoms with E-state index in [1.54, 1.807) is 6.07 Å². The molecular formula is C12H12O3. The van der Waals surface area contributed by atoms with Crippen LogP contribution >= 0.6 is 0 Å². The van der Waals surface area contributed by atoms with E-state index in [1.807, 2.05) is 19.1 Å². The SMILES string of the molecule is Cc1cc(=O)oc2cc(CCO)ccc12. The Labute approximate surface area is 87.0 Å². The summed E-state index contributed by atoms with van der Waals surface area (Å²) in [7, 11) is 0. The van der Waals surface area contributed by atoms with Crippen molar-refractivity contribution >= 4 is 11.0 Å². The van der Waals surface area contributed by atoms with Gasteiger partial charge >= 0.3 is 5.63 Å². The number of rotatable bonds is 2. The lowest BCUT2D eigenvalue weighted by molar-refractivity contribution is 0.299. The van der Waals surface area contributed by atoms with Crippen molar-refractivity contribution in [2.45, 2.75) is 13.3 Å². The molecule has 0 radical (unpaired) electrons. The van der Waals surface area contributed by atoms with E-state index in [4.69, 9.17) is 9.52 Å². The van der Waals surface area contributed by atoms with E-state index in [0.29, 0.717) is 12.0 Å². The second-order valence-corrected chi connectivity index (χ2v) is 3.55. The Bertz CT molecular complexity index is 540. The van der Waals surface area contributed by atoms with Crippen LogP contribution < -0.4 is 5.63 Å². The lowest BCUT2D eigenvalue weighted by Crippen LogP contribution is -1.98. The van der Waals surface area contributed by atoms with Gasteiger partial charge < -0.3 is 9.52 Å². The smallest absolute Gasteiger partial charge is 0.336 e. The largest absolute Gasteiger partial charge is 0.423 e. The van der Waals surface area contributed by atoms with Gasteiger partial charge in [-0.05, 0) is 30.5 Å². The van der Waals surface area contributed by atoms with E-state index >= 15 is 0 Å². The number of aliphatic hydroxyl groups is 1. The summed E-state index contributed by atoms with van der Waals surface area (Å²) in [6.07, 6.45) is 0.577. The molecular weight excluding hydrogens is 192 g/mol. The molecule has 0 aliphatic heterocycles. The summed E-state index contributed by atoms with van der Waals surface area (Å²) in [6, 6.07) is 7.14. The van der Waals surface area contributed by atoms with Crippen molar-refractivity contribution in [2.24, 2.45) is 0 Å². The van der Waals surface area contributed by atoms with Crippen LogP contribution in [0.15, 0.2) is 33.5 Å². The first kappa shape index (κ1) is 9.93. The lowest BCUT2D eigenvalue weighted by Gasteiger charge is -2.02. The van der Waals surface area contributed by atoms with Crippen LogP contribution in [0.3, 0.4) is 0 Å². The van der Waals surface area contributed by atoms with Crippen LogP contribution in [0.4, 0.5) is 0 Å². The normalized spacial score (nSPS) is 10.8. The number of hydrogen-bond donors (Lipinski definition) is 1. The van der Waals surface area contributed by atoms with Crippen molar-refractivity contribution in [1.82, 2.24) is 0 Å². The summed E-state index contributed by atoms with van der Waals surface area (Å²) >= 11 is 0. The highest BCUT2D eigenvalue weighted by Gasteiger charge is 2.02. The Morgan fingerprint density at radius 3 is 2.87 bits per heavy atom. The monoisotopic (exact) mass is 204 g/mol. The highest BCUT2D eigenvalue weighted by molar-refractivity contribution is 5.80. The predicted molar refractivity (Wildman–Crippen MR) is 58.0 cm³/mol. The zero-order valence-electron chi connectivity index (χ0n) is 8.49. The fourth-order valence-electron chi connectivity index (χ4n) is 1.65. The molecule has 0 saturated carbocycles. The molecule has 1 aromatic carbocycles. The molecule has 0 saturated heterocycles. The van der Waals surface area contributed by atoms with Crippen molar-refractivity contribution in [3.05, 3.63) is 45.8 Å². The summed E-state index contributed by atoms with van der Waals surface area (Å²) in [5, 5.41) is 9.75. The highest BCUT2D eigenvalue weighted by Crippen LogP contribution is 2.17. The van der Waals surface area contributed by atoms with Gasteiger partial charge in [0.25, 0.3) is 0 Å². The minimum Gasteiger partial charge on any atom is -0.423 e. The number of fused-ring (bicyclic) bond motifs is 1. The Balaban J connectivity index is 2.65. The first-order valence-electron chi connectivity index (χ1n) is 4.85. The maximum atomic E-state index is 11.2. The van der Waals surface area contributed by atoms with Crippen LogP contribution in [-0.2, 0) is 6.42 Å². The molecule has 0 spiro atoms. The Morgan fingerprint density at radius 1 is 1.33 bits per heavy atom. The summed E-state index contributed by atoms with van der Waals surface area (Å²) in [6.45, 7) is 1.98. The second kappa shape index (κ2) is 3.87. The van der Waals surface area contributed by atoms with E-state index in [1.165, 1.54) is 6.07 Å². The van der Waals surface area contributed by atoms with E-state index in [9.17, 15) is 4.79 Å².